The van der Waals surface area contributed by atoms with Gasteiger partial charge in [0.2, 0.25) is 0 Å². The first-order chi connectivity index (χ1) is 46.6. The molecule has 0 atom stereocenters. The maximum atomic E-state index is 2.37. The van der Waals surface area contributed by atoms with E-state index < -0.39 is 16.2 Å². The van der Waals surface area contributed by atoms with Crippen molar-refractivity contribution in [1.29, 1.82) is 0 Å². The summed E-state index contributed by atoms with van der Waals surface area (Å²) >= 11 is 0. The van der Waals surface area contributed by atoms with E-state index in [0.29, 0.717) is 0 Å². The van der Waals surface area contributed by atoms with Crippen LogP contribution in [0.1, 0.15) is 89.4 Å². The third kappa shape index (κ3) is 8.32. The summed E-state index contributed by atoms with van der Waals surface area (Å²) in [4.78, 5) is 0. The van der Waals surface area contributed by atoms with E-state index in [4.69, 9.17) is 0 Å². The average Bonchev–Trinajstić information content (AvgIpc) is 1.63. The normalized spacial score (nSPS) is 13.9. The fourth-order valence-corrected chi connectivity index (χ4v) is 17.1. The first-order valence-corrected chi connectivity index (χ1v) is 33.0. The molecule has 0 spiro atoms. The Hall–Kier alpha value is -11.7. The summed E-state index contributed by atoms with van der Waals surface area (Å²) in [6.45, 7) is 0. The van der Waals surface area contributed by atoms with Crippen LogP contribution in [0.2, 0.25) is 0 Å². The molecule has 0 heteroatoms. The van der Waals surface area contributed by atoms with Gasteiger partial charge in [0.05, 0.1) is 16.2 Å². The maximum Gasteiger partial charge on any atom is 0.0713 e. The molecular weight excluding hydrogens is 1130 g/mol. The molecule has 0 saturated carbocycles. The molecule has 3 aliphatic rings. The minimum Gasteiger partial charge on any atom is -0.0622 e. The van der Waals surface area contributed by atoms with Gasteiger partial charge in [0.15, 0.2) is 0 Å². The van der Waals surface area contributed by atoms with Gasteiger partial charge in [0.25, 0.3) is 0 Å². The van der Waals surface area contributed by atoms with Crippen LogP contribution in [-0.4, -0.2) is 0 Å². The predicted octanol–water partition coefficient (Wildman–Crippen LogP) is 23.0. The first-order valence-electron chi connectivity index (χ1n) is 33.0. The van der Waals surface area contributed by atoms with Crippen molar-refractivity contribution < 1.29 is 0 Å². The molecule has 0 aromatic heterocycles. The summed E-state index contributed by atoms with van der Waals surface area (Å²) in [6, 6.07) is 143. The maximum absolute atomic E-state index is 2.37. The van der Waals surface area contributed by atoms with Crippen LogP contribution >= 0.6 is 0 Å². The molecule has 15 aromatic rings. The molecule has 0 nitrogen and oxygen atoms in total. The van der Waals surface area contributed by atoms with Crippen LogP contribution in [0.25, 0.3) is 66.8 Å². The summed E-state index contributed by atoms with van der Waals surface area (Å²) in [7, 11) is 0. The number of benzene rings is 15. The molecule has 0 unspecified atom stereocenters. The van der Waals surface area contributed by atoms with Crippen LogP contribution in [-0.2, 0) is 16.2 Å². The number of hydrogen-bond acceptors (Lipinski definition) is 0. The lowest BCUT2D eigenvalue weighted by molar-refractivity contribution is 0.768. The van der Waals surface area contributed by atoms with Crippen molar-refractivity contribution in [1.82, 2.24) is 0 Å². The lowest BCUT2D eigenvalue weighted by Crippen LogP contribution is -2.28. The topological polar surface area (TPSA) is 0 Å². The van der Waals surface area contributed by atoms with Crippen LogP contribution in [0, 0.1) is 0 Å². The molecule has 18 rings (SSSR count). The van der Waals surface area contributed by atoms with Crippen LogP contribution in [0.15, 0.2) is 382 Å². The molecule has 0 saturated heterocycles. The molecule has 94 heavy (non-hydrogen) atoms. The highest BCUT2D eigenvalue weighted by Gasteiger charge is 2.48. The summed E-state index contributed by atoms with van der Waals surface area (Å²) < 4.78 is 0. The molecule has 0 amide bonds. The Labute approximate surface area is 551 Å². The third-order valence-electron chi connectivity index (χ3n) is 21.2. The first kappa shape index (κ1) is 55.2. The SMILES string of the molecule is c1ccc(C2(c3ccc(-c4ccc(C(c5ccc(-c6ccc(C7(c8ccccc8)c8ccccc8-c8ccccc87)cc6)cc5)c5ccc(-c6ccc(C7(c8ccccc8)c8ccccc8-c8ccccc87)cc6)cc5)cc4)cc3)c3ccccc3-c3ccccc32)cc1. The van der Waals surface area contributed by atoms with Crippen LogP contribution < -0.4 is 0 Å². The molecule has 0 heterocycles. The molecule has 0 fully saturated rings. The van der Waals surface area contributed by atoms with Gasteiger partial charge >= 0.3 is 0 Å². The third-order valence-corrected chi connectivity index (χ3v) is 21.2. The van der Waals surface area contributed by atoms with Crippen molar-refractivity contribution in [3.63, 3.8) is 0 Å². The van der Waals surface area contributed by atoms with Crippen molar-refractivity contribution in [2.75, 3.05) is 0 Å². The zero-order chi connectivity index (χ0) is 62.2. The average molecular weight is 1190 g/mol. The fourth-order valence-electron chi connectivity index (χ4n) is 17.1. The summed E-state index contributed by atoms with van der Waals surface area (Å²) in [5, 5.41) is 0. The Bertz CT molecular complexity index is 4620. The van der Waals surface area contributed by atoms with Gasteiger partial charge in [0.1, 0.15) is 0 Å². The second-order valence-electron chi connectivity index (χ2n) is 25.7. The summed E-state index contributed by atoms with van der Waals surface area (Å²) in [5.74, 6) is -0.0287. The second-order valence-corrected chi connectivity index (χ2v) is 25.7. The Morgan fingerprint density at radius 3 is 0.500 bits per heavy atom. The number of hydrogen-bond donors (Lipinski definition) is 0. The van der Waals surface area contributed by atoms with E-state index in [2.05, 4.69) is 382 Å². The summed E-state index contributed by atoms with van der Waals surface area (Å²) in [5.41, 5.74) is 32.9. The zero-order valence-corrected chi connectivity index (χ0v) is 52.0. The van der Waals surface area contributed by atoms with E-state index in [0.717, 1.165) is 0 Å². The number of fused-ring (bicyclic) bond motifs is 9. The highest BCUT2D eigenvalue weighted by molar-refractivity contribution is 5.90. The molecule has 0 radical (unpaired) electrons. The monoisotopic (exact) mass is 1190 g/mol. The minimum atomic E-state index is -0.441. The van der Waals surface area contributed by atoms with E-state index in [1.807, 2.05) is 0 Å². The van der Waals surface area contributed by atoms with Crippen LogP contribution in [0.4, 0.5) is 0 Å². The van der Waals surface area contributed by atoms with Gasteiger partial charge in [-0.25, -0.2) is 0 Å². The fraction of sp³-hybridized carbons (Fsp3) is 0.0426. The zero-order valence-electron chi connectivity index (χ0n) is 52.0. The van der Waals surface area contributed by atoms with Crippen molar-refractivity contribution >= 4 is 0 Å². The number of rotatable bonds is 12. The Kier molecular flexibility index (Phi) is 13.1. The van der Waals surface area contributed by atoms with Gasteiger partial charge in [-0.3, -0.25) is 0 Å². The second kappa shape index (κ2) is 22.3. The van der Waals surface area contributed by atoms with Gasteiger partial charge in [0, 0.05) is 5.92 Å². The van der Waals surface area contributed by atoms with Crippen molar-refractivity contribution in [3.05, 3.63) is 466 Å². The molecule has 0 N–H and O–H groups in total. The van der Waals surface area contributed by atoms with E-state index in [1.165, 1.54) is 150 Å². The van der Waals surface area contributed by atoms with Crippen molar-refractivity contribution in [3.8, 4) is 66.8 Å². The molecule has 3 aliphatic carbocycles. The molecule has 0 aliphatic heterocycles. The predicted molar refractivity (Wildman–Crippen MR) is 388 cm³/mol. The smallest absolute Gasteiger partial charge is 0.0622 e. The highest BCUT2D eigenvalue weighted by Crippen LogP contribution is 2.59. The van der Waals surface area contributed by atoms with Gasteiger partial charge in [-0.1, -0.05) is 382 Å². The Morgan fingerprint density at radius 2 is 0.298 bits per heavy atom. The quantitative estimate of drug-likeness (QED) is 0.107. The largest absolute Gasteiger partial charge is 0.0713 e. The Balaban J connectivity index is 0.701. The summed E-state index contributed by atoms with van der Waals surface area (Å²) in [6.07, 6.45) is 0. The minimum absolute atomic E-state index is 0.0287. The Morgan fingerprint density at radius 1 is 0.138 bits per heavy atom. The molecule has 440 valence electrons. The van der Waals surface area contributed by atoms with Gasteiger partial charge in [-0.2, -0.15) is 0 Å². The van der Waals surface area contributed by atoms with E-state index in [-0.39, 0.29) is 5.92 Å². The molecule has 15 aromatic carbocycles. The molecule has 0 bridgehead atoms. The van der Waals surface area contributed by atoms with Gasteiger partial charge in [-0.05, 0) is 150 Å². The van der Waals surface area contributed by atoms with E-state index in [1.54, 1.807) is 0 Å². The van der Waals surface area contributed by atoms with Crippen molar-refractivity contribution in [2.24, 2.45) is 0 Å². The standard InChI is InChI=1S/C94H64/c1-4-22-73(23-5-1)92(85-34-16-10-28-79(85)80-29-11-17-35-86(80)92)76-58-52-67(53-59-76)64-40-46-70(47-41-64)91(71-48-42-65(43-49-71)68-54-60-77(61-55-68)93(74-24-6-2-7-25-74)87-36-18-12-30-81(87)82-31-13-19-37-88(82)93)72-50-44-66(45-51-72)69-56-62-78(63-57-69)94(75-26-8-3-9-27-75)89-38-20-14-32-83(89)84-33-15-21-39-90(84)94/h1-63,91H. The lowest BCUT2D eigenvalue weighted by Gasteiger charge is -2.34. The van der Waals surface area contributed by atoms with Gasteiger partial charge in [-0.15, -0.1) is 0 Å². The lowest BCUT2D eigenvalue weighted by atomic mass is 9.67. The van der Waals surface area contributed by atoms with E-state index in [9.17, 15) is 0 Å². The van der Waals surface area contributed by atoms with Gasteiger partial charge < -0.3 is 0 Å². The molecular formula is C94H64. The van der Waals surface area contributed by atoms with Crippen LogP contribution in [0.3, 0.4) is 0 Å². The van der Waals surface area contributed by atoms with Crippen molar-refractivity contribution in [2.45, 2.75) is 22.2 Å². The van der Waals surface area contributed by atoms with Crippen LogP contribution in [0.5, 0.6) is 0 Å². The highest BCUT2D eigenvalue weighted by atomic mass is 14.5. The van der Waals surface area contributed by atoms with E-state index >= 15 is 0 Å².